The third-order valence-electron chi connectivity index (χ3n) is 5.52. The summed E-state index contributed by atoms with van der Waals surface area (Å²) in [5.41, 5.74) is -1.26. The molecule has 4 rings (SSSR count). The molecule has 0 radical (unpaired) electrons. The van der Waals surface area contributed by atoms with Gasteiger partial charge in [0.15, 0.2) is 0 Å². The van der Waals surface area contributed by atoms with Crippen LogP contribution >= 0.6 is 11.6 Å². The van der Waals surface area contributed by atoms with Crippen LogP contribution in [0.4, 0.5) is 30.2 Å². The van der Waals surface area contributed by atoms with Gasteiger partial charge in [0.1, 0.15) is 6.54 Å². The standard InChI is InChI=1S/C26H20ClF3N4O5S2/c27-24-13-10-19(15-23(24)26(28,29)30)33-40(36,37)21-11-8-18(9-12-21)32-25(35)17-34(20-5-4-14-31-16-20)41(38,39)22-6-2-1-3-7-22/h1-16,33H,17H2,(H,32,35). The van der Waals surface area contributed by atoms with E-state index in [4.69, 9.17) is 11.6 Å². The zero-order valence-corrected chi connectivity index (χ0v) is 23.1. The zero-order valence-electron chi connectivity index (χ0n) is 20.7. The van der Waals surface area contributed by atoms with Crippen LogP contribution < -0.4 is 14.3 Å². The molecule has 0 aliphatic rings. The Labute approximate surface area is 238 Å². The van der Waals surface area contributed by atoms with Crippen LogP contribution in [-0.2, 0) is 31.0 Å². The molecule has 0 unspecified atom stereocenters. The predicted molar refractivity (Wildman–Crippen MR) is 148 cm³/mol. The normalized spacial score (nSPS) is 12.0. The Hall–Kier alpha value is -4.14. The van der Waals surface area contributed by atoms with Crippen LogP contribution in [0.1, 0.15) is 5.56 Å². The predicted octanol–water partition coefficient (Wildman–Crippen LogP) is 5.39. The summed E-state index contributed by atoms with van der Waals surface area (Å²) in [6.07, 6.45) is -2.05. The number of sulfonamides is 2. The quantitative estimate of drug-likeness (QED) is 0.257. The molecule has 15 heteroatoms. The third kappa shape index (κ3) is 7.14. The summed E-state index contributed by atoms with van der Waals surface area (Å²) in [4.78, 5) is 16.4. The summed E-state index contributed by atoms with van der Waals surface area (Å²) in [6, 6.07) is 17.8. The fraction of sp³-hybridized carbons (Fsp3) is 0.0769. The van der Waals surface area contributed by atoms with E-state index in [1.165, 1.54) is 48.8 Å². The minimum atomic E-state index is -4.79. The number of nitrogens with one attached hydrogen (secondary N) is 2. The minimum Gasteiger partial charge on any atom is -0.325 e. The van der Waals surface area contributed by atoms with Gasteiger partial charge in [0.05, 0.1) is 32.3 Å². The third-order valence-corrected chi connectivity index (χ3v) is 9.04. The van der Waals surface area contributed by atoms with Gasteiger partial charge >= 0.3 is 6.18 Å². The highest BCUT2D eigenvalue weighted by Gasteiger charge is 2.34. The van der Waals surface area contributed by atoms with E-state index in [1.807, 2.05) is 0 Å². The maximum Gasteiger partial charge on any atom is 0.417 e. The number of amides is 1. The molecule has 1 amide bonds. The summed E-state index contributed by atoms with van der Waals surface area (Å²) >= 11 is 5.58. The summed E-state index contributed by atoms with van der Waals surface area (Å²) in [5, 5.41) is 1.92. The van der Waals surface area contributed by atoms with E-state index >= 15 is 0 Å². The van der Waals surface area contributed by atoms with Crippen LogP contribution in [0.15, 0.2) is 107 Å². The Kier molecular flexibility index (Phi) is 8.56. The molecule has 0 saturated heterocycles. The molecule has 1 aromatic heterocycles. The number of hydrogen-bond donors (Lipinski definition) is 2. The largest absolute Gasteiger partial charge is 0.417 e. The zero-order chi connectivity index (χ0) is 29.8. The number of pyridine rings is 1. The Morgan fingerprint density at radius 2 is 1.51 bits per heavy atom. The molecule has 214 valence electrons. The van der Waals surface area contributed by atoms with Crippen molar-refractivity contribution in [2.75, 3.05) is 20.9 Å². The summed E-state index contributed by atoms with van der Waals surface area (Å²) in [6.45, 7) is -0.622. The highest BCUT2D eigenvalue weighted by molar-refractivity contribution is 7.93. The minimum absolute atomic E-state index is 0.0400. The molecule has 4 aromatic rings. The number of alkyl halides is 3. The van der Waals surface area contributed by atoms with Crippen LogP contribution in [0.3, 0.4) is 0 Å². The van der Waals surface area contributed by atoms with E-state index in [0.29, 0.717) is 6.07 Å². The van der Waals surface area contributed by atoms with Crippen LogP contribution in [0.25, 0.3) is 0 Å². The van der Waals surface area contributed by atoms with Gasteiger partial charge in [0.25, 0.3) is 20.0 Å². The van der Waals surface area contributed by atoms with Gasteiger partial charge in [-0.15, -0.1) is 0 Å². The van der Waals surface area contributed by atoms with Gasteiger partial charge in [0.2, 0.25) is 5.91 Å². The van der Waals surface area contributed by atoms with E-state index in [2.05, 4.69) is 15.0 Å². The van der Waals surface area contributed by atoms with Gasteiger partial charge < -0.3 is 5.32 Å². The number of rotatable bonds is 9. The number of nitrogens with zero attached hydrogens (tertiary/aromatic N) is 2. The van der Waals surface area contributed by atoms with E-state index in [1.54, 1.807) is 18.2 Å². The number of hydrogen-bond acceptors (Lipinski definition) is 6. The highest BCUT2D eigenvalue weighted by Crippen LogP contribution is 2.36. The first kappa shape index (κ1) is 29.8. The molecule has 1 heterocycles. The number of carbonyl (C=O) groups excluding carboxylic acids is 1. The molecule has 41 heavy (non-hydrogen) atoms. The van der Waals surface area contributed by atoms with E-state index in [9.17, 15) is 34.8 Å². The van der Waals surface area contributed by atoms with Crippen LogP contribution in [0, 0.1) is 0 Å². The molecule has 0 saturated carbocycles. The van der Waals surface area contributed by atoms with Crippen molar-refractivity contribution in [2.45, 2.75) is 16.0 Å². The van der Waals surface area contributed by atoms with Gasteiger partial charge in [-0.2, -0.15) is 13.2 Å². The molecule has 0 spiro atoms. The number of benzene rings is 3. The lowest BCUT2D eigenvalue weighted by Crippen LogP contribution is -2.38. The average molecular weight is 625 g/mol. The van der Waals surface area contributed by atoms with Crippen LogP contribution in [-0.4, -0.2) is 34.3 Å². The Bertz CT molecular complexity index is 1760. The molecule has 0 atom stereocenters. The highest BCUT2D eigenvalue weighted by atomic mass is 35.5. The molecule has 0 fully saturated rings. The molecular formula is C26H20ClF3N4O5S2. The monoisotopic (exact) mass is 624 g/mol. The van der Waals surface area contributed by atoms with Gasteiger partial charge in [-0.1, -0.05) is 29.8 Å². The molecular weight excluding hydrogens is 605 g/mol. The lowest BCUT2D eigenvalue weighted by Gasteiger charge is -2.23. The Morgan fingerprint density at radius 3 is 2.12 bits per heavy atom. The second kappa shape index (κ2) is 11.8. The second-order valence-corrected chi connectivity index (χ2v) is 12.4. The van der Waals surface area contributed by atoms with Gasteiger partial charge in [-0.25, -0.2) is 16.8 Å². The van der Waals surface area contributed by atoms with E-state index in [0.717, 1.165) is 28.6 Å². The van der Waals surface area contributed by atoms with Gasteiger partial charge in [-0.05, 0) is 66.7 Å². The van der Waals surface area contributed by atoms with Gasteiger partial charge in [-0.3, -0.25) is 18.8 Å². The number of carbonyl (C=O) groups is 1. The summed E-state index contributed by atoms with van der Waals surface area (Å²) in [5.74, 6) is -0.733. The molecule has 2 N–H and O–H groups in total. The molecule has 0 bridgehead atoms. The van der Waals surface area contributed by atoms with E-state index in [-0.39, 0.29) is 26.9 Å². The summed E-state index contributed by atoms with van der Waals surface area (Å²) in [7, 11) is -8.45. The van der Waals surface area contributed by atoms with Crippen molar-refractivity contribution in [1.82, 2.24) is 4.98 Å². The molecule has 0 aliphatic carbocycles. The first-order valence-electron chi connectivity index (χ1n) is 11.5. The van der Waals surface area contributed by atoms with E-state index < -0.39 is 49.3 Å². The lowest BCUT2D eigenvalue weighted by atomic mass is 10.2. The molecule has 9 nitrogen and oxygen atoms in total. The topological polar surface area (TPSA) is 126 Å². The number of anilines is 3. The Balaban J connectivity index is 1.50. The fourth-order valence-electron chi connectivity index (χ4n) is 3.60. The Morgan fingerprint density at radius 1 is 0.854 bits per heavy atom. The van der Waals surface area contributed by atoms with Gasteiger partial charge in [0, 0.05) is 17.6 Å². The van der Waals surface area contributed by atoms with Crippen molar-refractivity contribution in [1.29, 1.82) is 0 Å². The number of aromatic nitrogens is 1. The fourth-order valence-corrected chi connectivity index (χ4v) is 6.31. The van der Waals surface area contributed by atoms with Crippen molar-refractivity contribution in [2.24, 2.45) is 0 Å². The maximum absolute atomic E-state index is 13.3. The number of halogens is 4. The first-order chi connectivity index (χ1) is 19.3. The van der Waals surface area contributed by atoms with Crippen LogP contribution in [0.2, 0.25) is 5.02 Å². The molecule has 0 aliphatic heterocycles. The molecule has 3 aromatic carbocycles. The first-order valence-corrected chi connectivity index (χ1v) is 14.8. The van der Waals surface area contributed by atoms with Crippen molar-refractivity contribution in [3.63, 3.8) is 0 Å². The van der Waals surface area contributed by atoms with Crippen molar-refractivity contribution in [3.8, 4) is 0 Å². The van der Waals surface area contributed by atoms with Crippen molar-refractivity contribution in [3.05, 3.63) is 108 Å². The SMILES string of the molecule is O=C(CN(c1cccnc1)S(=O)(=O)c1ccccc1)Nc1ccc(S(=O)(=O)Nc2ccc(Cl)c(C(F)(F)F)c2)cc1. The second-order valence-electron chi connectivity index (χ2n) is 8.41. The van der Waals surface area contributed by atoms with Crippen molar-refractivity contribution < 1.29 is 34.8 Å². The maximum atomic E-state index is 13.3. The lowest BCUT2D eigenvalue weighted by molar-refractivity contribution is -0.137. The average Bonchev–Trinajstić information content (AvgIpc) is 2.93. The summed E-state index contributed by atoms with van der Waals surface area (Å²) < 4.78 is 94.4. The smallest absolute Gasteiger partial charge is 0.325 e. The van der Waals surface area contributed by atoms with Crippen molar-refractivity contribution >= 4 is 54.6 Å². The van der Waals surface area contributed by atoms with Crippen LogP contribution in [0.5, 0.6) is 0 Å².